The molecule has 1 aromatic carbocycles. The fourth-order valence-corrected chi connectivity index (χ4v) is 1.83. The molecule has 114 valence electrons. The Morgan fingerprint density at radius 3 is 2.52 bits per heavy atom. The van der Waals surface area contributed by atoms with Crippen LogP contribution in [-0.4, -0.2) is 22.3 Å². The number of hydrogen-bond donors (Lipinski definition) is 1. The van der Waals surface area contributed by atoms with Gasteiger partial charge in [-0.05, 0) is 32.4 Å². The number of rotatable bonds is 5. The summed E-state index contributed by atoms with van der Waals surface area (Å²) in [5, 5.41) is 11.1. The van der Waals surface area contributed by atoms with E-state index in [-0.39, 0.29) is 12.0 Å². The smallest absolute Gasteiger partial charge is 0.221 e. The van der Waals surface area contributed by atoms with Crippen LogP contribution in [0.15, 0.2) is 22.6 Å². The SMILES string of the molecule is CC(C)(C)NCCc1nnc(Cc2ccc(F)cc2F)o1. The molecule has 0 unspecified atom stereocenters. The van der Waals surface area contributed by atoms with Gasteiger partial charge in [0.25, 0.3) is 0 Å². The van der Waals surface area contributed by atoms with Crippen molar-refractivity contribution in [2.75, 3.05) is 6.54 Å². The molecule has 2 rings (SSSR count). The maximum Gasteiger partial charge on any atom is 0.221 e. The first-order chi connectivity index (χ1) is 9.83. The van der Waals surface area contributed by atoms with E-state index in [0.717, 1.165) is 12.6 Å². The Hall–Kier alpha value is -1.82. The Bertz CT molecular complexity index is 605. The Morgan fingerprint density at radius 1 is 1.14 bits per heavy atom. The number of hydrogen-bond acceptors (Lipinski definition) is 4. The summed E-state index contributed by atoms with van der Waals surface area (Å²) in [5.41, 5.74) is 0.361. The van der Waals surface area contributed by atoms with Gasteiger partial charge in [0.15, 0.2) is 0 Å². The molecule has 6 heteroatoms. The van der Waals surface area contributed by atoms with Crippen LogP contribution in [0.3, 0.4) is 0 Å². The molecule has 0 aliphatic carbocycles. The lowest BCUT2D eigenvalue weighted by Gasteiger charge is -2.19. The van der Waals surface area contributed by atoms with Crippen LogP contribution in [0.25, 0.3) is 0 Å². The highest BCUT2D eigenvalue weighted by atomic mass is 19.1. The van der Waals surface area contributed by atoms with E-state index in [1.807, 2.05) is 0 Å². The minimum atomic E-state index is -0.607. The highest BCUT2D eigenvalue weighted by Crippen LogP contribution is 2.14. The predicted molar refractivity (Wildman–Crippen MR) is 74.9 cm³/mol. The summed E-state index contributed by atoms with van der Waals surface area (Å²) >= 11 is 0. The normalized spacial score (nSPS) is 11.9. The van der Waals surface area contributed by atoms with Gasteiger partial charge < -0.3 is 9.73 Å². The van der Waals surface area contributed by atoms with Crippen molar-refractivity contribution in [1.82, 2.24) is 15.5 Å². The van der Waals surface area contributed by atoms with Crippen molar-refractivity contribution in [2.24, 2.45) is 0 Å². The molecule has 0 spiro atoms. The van der Waals surface area contributed by atoms with Crippen molar-refractivity contribution < 1.29 is 13.2 Å². The van der Waals surface area contributed by atoms with Gasteiger partial charge in [-0.3, -0.25) is 0 Å². The van der Waals surface area contributed by atoms with Gasteiger partial charge in [-0.1, -0.05) is 6.07 Å². The lowest BCUT2D eigenvalue weighted by atomic mass is 10.1. The maximum absolute atomic E-state index is 13.5. The number of benzene rings is 1. The summed E-state index contributed by atoms with van der Waals surface area (Å²) in [6.45, 7) is 6.94. The molecule has 1 heterocycles. The Kier molecular flexibility index (Phi) is 4.67. The van der Waals surface area contributed by atoms with Crippen LogP contribution in [0.1, 0.15) is 38.1 Å². The molecule has 2 aromatic rings. The lowest BCUT2D eigenvalue weighted by Crippen LogP contribution is -2.37. The van der Waals surface area contributed by atoms with Gasteiger partial charge in [0.05, 0.1) is 6.42 Å². The van der Waals surface area contributed by atoms with Gasteiger partial charge in [0, 0.05) is 24.6 Å². The molecule has 0 atom stereocenters. The zero-order valence-corrected chi connectivity index (χ0v) is 12.4. The highest BCUT2D eigenvalue weighted by Gasteiger charge is 2.12. The first-order valence-electron chi connectivity index (χ1n) is 6.84. The summed E-state index contributed by atoms with van der Waals surface area (Å²) in [7, 11) is 0. The molecule has 0 saturated carbocycles. The first kappa shape index (κ1) is 15.6. The summed E-state index contributed by atoms with van der Waals surface area (Å²) in [4.78, 5) is 0. The minimum Gasteiger partial charge on any atom is -0.425 e. The third-order valence-corrected chi connectivity index (χ3v) is 2.86. The van der Waals surface area contributed by atoms with Gasteiger partial charge in [-0.15, -0.1) is 10.2 Å². The van der Waals surface area contributed by atoms with Gasteiger partial charge in [-0.25, -0.2) is 8.78 Å². The van der Waals surface area contributed by atoms with Crippen LogP contribution < -0.4 is 5.32 Å². The zero-order valence-electron chi connectivity index (χ0n) is 12.4. The highest BCUT2D eigenvalue weighted by molar-refractivity contribution is 5.21. The van der Waals surface area contributed by atoms with Crippen molar-refractivity contribution in [3.8, 4) is 0 Å². The molecule has 0 fully saturated rings. The molecule has 0 aliphatic rings. The second-order valence-electron chi connectivity index (χ2n) is 5.93. The second-order valence-corrected chi connectivity index (χ2v) is 5.93. The predicted octanol–water partition coefficient (Wildman–Crippen LogP) is 2.87. The summed E-state index contributed by atoms with van der Waals surface area (Å²) in [6, 6.07) is 3.44. The number of aromatic nitrogens is 2. The van der Waals surface area contributed by atoms with Crippen LogP contribution in [0.5, 0.6) is 0 Å². The molecule has 21 heavy (non-hydrogen) atoms. The number of halogens is 2. The van der Waals surface area contributed by atoms with E-state index in [0.29, 0.717) is 23.8 Å². The van der Waals surface area contributed by atoms with E-state index in [9.17, 15) is 8.78 Å². The largest absolute Gasteiger partial charge is 0.425 e. The third-order valence-electron chi connectivity index (χ3n) is 2.86. The van der Waals surface area contributed by atoms with E-state index in [2.05, 4.69) is 36.3 Å². The fourth-order valence-electron chi connectivity index (χ4n) is 1.83. The molecule has 1 N–H and O–H groups in total. The van der Waals surface area contributed by atoms with Crippen molar-refractivity contribution in [3.63, 3.8) is 0 Å². The average molecular weight is 295 g/mol. The van der Waals surface area contributed by atoms with E-state index in [1.54, 1.807) is 0 Å². The molecule has 0 aliphatic heterocycles. The Labute approximate surface area is 122 Å². The first-order valence-corrected chi connectivity index (χ1v) is 6.84. The molecule has 4 nitrogen and oxygen atoms in total. The molecule has 1 aromatic heterocycles. The quantitative estimate of drug-likeness (QED) is 0.921. The van der Waals surface area contributed by atoms with Crippen LogP contribution in [0.2, 0.25) is 0 Å². The van der Waals surface area contributed by atoms with E-state index < -0.39 is 11.6 Å². The molecule has 0 bridgehead atoms. The summed E-state index contributed by atoms with van der Waals surface area (Å²) in [5.74, 6) is -0.379. The monoisotopic (exact) mass is 295 g/mol. The average Bonchev–Trinajstić information content (AvgIpc) is 2.79. The lowest BCUT2D eigenvalue weighted by molar-refractivity contribution is 0.402. The Morgan fingerprint density at radius 2 is 1.86 bits per heavy atom. The van der Waals surface area contributed by atoms with Crippen molar-refractivity contribution in [3.05, 3.63) is 47.2 Å². The summed E-state index contributed by atoms with van der Waals surface area (Å²) < 4.78 is 31.8. The van der Waals surface area contributed by atoms with E-state index >= 15 is 0 Å². The van der Waals surface area contributed by atoms with Gasteiger partial charge in [-0.2, -0.15) is 0 Å². The molecular formula is C15H19F2N3O. The van der Waals surface area contributed by atoms with E-state index in [1.165, 1.54) is 12.1 Å². The van der Waals surface area contributed by atoms with Crippen LogP contribution in [0, 0.1) is 11.6 Å². The number of nitrogens with zero attached hydrogens (tertiary/aromatic N) is 2. The van der Waals surface area contributed by atoms with Crippen LogP contribution in [-0.2, 0) is 12.8 Å². The van der Waals surface area contributed by atoms with Gasteiger partial charge in [0.2, 0.25) is 11.8 Å². The number of nitrogens with one attached hydrogen (secondary N) is 1. The van der Waals surface area contributed by atoms with Crippen molar-refractivity contribution in [2.45, 2.75) is 39.2 Å². The third kappa shape index (κ3) is 4.90. The van der Waals surface area contributed by atoms with Gasteiger partial charge >= 0.3 is 0 Å². The van der Waals surface area contributed by atoms with Crippen LogP contribution in [0.4, 0.5) is 8.78 Å². The molecule has 0 amide bonds. The zero-order chi connectivity index (χ0) is 15.5. The summed E-state index contributed by atoms with van der Waals surface area (Å²) in [6.07, 6.45) is 0.766. The van der Waals surface area contributed by atoms with Crippen molar-refractivity contribution in [1.29, 1.82) is 0 Å². The second kappa shape index (κ2) is 6.30. The molecule has 0 radical (unpaired) electrons. The minimum absolute atomic E-state index is 0.0279. The van der Waals surface area contributed by atoms with Gasteiger partial charge in [0.1, 0.15) is 11.6 Å². The fraction of sp³-hybridized carbons (Fsp3) is 0.467. The molecular weight excluding hydrogens is 276 g/mol. The topological polar surface area (TPSA) is 51.0 Å². The molecule has 0 saturated heterocycles. The van der Waals surface area contributed by atoms with Crippen molar-refractivity contribution >= 4 is 0 Å². The Balaban J connectivity index is 1.94. The standard InChI is InChI=1S/C15H19F2N3O/c1-15(2,3)18-7-6-13-19-20-14(21-13)8-10-4-5-11(16)9-12(10)17/h4-5,9,18H,6-8H2,1-3H3. The van der Waals surface area contributed by atoms with E-state index in [4.69, 9.17) is 4.42 Å². The maximum atomic E-state index is 13.5. The van der Waals surface area contributed by atoms with Crippen LogP contribution >= 0.6 is 0 Å².